The van der Waals surface area contributed by atoms with Crippen molar-refractivity contribution in [3.8, 4) is 11.6 Å². The van der Waals surface area contributed by atoms with Crippen LogP contribution < -0.4 is 10.5 Å². The second kappa shape index (κ2) is 8.58. The molecule has 3 rings (SSSR count). The maximum Gasteiger partial charge on any atom is 0.433 e. The van der Waals surface area contributed by atoms with E-state index in [1.807, 2.05) is 19.0 Å². The Bertz CT molecular complexity index is 920. The third-order valence-electron chi connectivity index (χ3n) is 4.90. The van der Waals surface area contributed by atoms with E-state index >= 15 is 0 Å². The van der Waals surface area contributed by atoms with Gasteiger partial charge in [0.25, 0.3) is 5.91 Å². The number of likely N-dealkylation sites (tertiary alicyclic amines) is 1. The molecule has 0 radical (unpaired) electrons. The van der Waals surface area contributed by atoms with Crippen LogP contribution in [0.4, 0.5) is 13.2 Å². The minimum absolute atomic E-state index is 0.106. The number of aromatic nitrogens is 1. The Balaban J connectivity index is 1.80. The van der Waals surface area contributed by atoms with Crippen molar-refractivity contribution in [2.75, 3.05) is 27.2 Å². The first-order valence-corrected chi connectivity index (χ1v) is 9.28. The Labute approximate surface area is 171 Å². The summed E-state index contributed by atoms with van der Waals surface area (Å²) in [5.41, 5.74) is 4.89. The Kier molecular flexibility index (Phi) is 6.30. The van der Waals surface area contributed by atoms with Crippen LogP contribution in [-0.2, 0) is 12.7 Å². The lowest BCUT2D eigenvalue weighted by Gasteiger charge is -2.21. The fourth-order valence-electron chi connectivity index (χ4n) is 3.31. The predicted molar refractivity (Wildman–Crippen MR) is 103 cm³/mol. The van der Waals surface area contributed by atoms with Gasteiger partial charge in [-0.15, -0.1) is 0 Å². The van der Waals surface area contributed by atoms with Gasteiger partial charge < -0.3 is 25.4 Å². The van der Waals surface area contributed by atoms with Crippen LogP contribution in [-0.4, -0.2) is 65.1 Å². The molecule has 1 fully saturated rings. The van der Waals surface area contributed by atoms with E-state index in [9.17, 15) is 23.1 Å². The fourth-order valence-corrected chi connectivity index (χ4v) is 3.31. The standard InChI is InChI=1S/C20H23F3N4O3/c1-26(2)15-10-27(11-16(15)28)19(29)13-4-3-5-14(8-13)30-18-7-12(9-24)6-17(25-18)20(21,22)23/h3-8,15-16,28H,9-11,24H2,1-2H3/t15-,16-/m0/s1. The van der Waals surface area contributed by atoms with Crippen LogP contribution in [0.2, 0.25) is 0 Å². The summed E-state index contributed by atoms with van der Waals surface area (Å²) in [6, 6.07) is 8.11. The van der Waals surface area contributed by atoms with Crippen LogP contribution in [0.1, 0.15) is 21.6 Å². The first-order valence-electron chi connectivity index (χ1n) is 9.28. The monoisotopic (exact) mass is 424 g/mol. The van der Waals surface area contributed by atoms with Crippen LogP contribution in [0, 0.1) is 0 Å². The number of nitrogens with zero attached hydrogens (tertiary/aromatic N) is 3. The maximum atomic E-state index is 13.1. The van der Waals surface area contributed by atoms with E-state index in [4.69, 9.17) is 10.5 Å². The summed E-state index contributed by atoms with van der Waals surface area (Å²) in [6.07, 6.45) is -5.30. The number of carbonyl (C=O) groups excluding carboxylic acids is 1. The molecule has 2 atom stereocenters. The molecule has 2 heterocycles. The van der Waals surface area contributed by atoms with Crippen LogP contribution in [0.15, 0.2) is 36.4 Å². The molecule has 0 unspecified atom stereocenters. The Morgan fingerprint density at radius 2 is 2.03 bits per heavy atom. The van der Waals surface area contributed by atoms with E-state index in [0.717, 1.165) is 6.07 Å². The highest BCUT2D eigenvalue weighted by molar-refractivity contribution is 5.94. The van der Waals surface area contributed by atoms with Gasteiger partial charge in [0.15, 0.2) is 0 Å². The van der Waals surface area contributed by atoms with E-state index in [-0.39, 0.29) is 42.2 Å². The average Bonchev–Trinajstić information content (AvgIpc) is 3.08. The van der Waals surface area contributed by atoms with Crippen molar-refractivity contribution in [3.63, 3.8) is 0 Å². The SMILES string of the molecule is CN(C)[C@H]1CN(C(=O)c2cccc(Oc3cc(CN)cc(C(F)(F)F)n3)c2)C[C@@H]1O. The quantitative estimate of drug-likeness (QED) is 0.764. The van der Waals surface area contributed by atoms with E-state index in [1.165, 1.54) is 23.1 Å². The Morgan fingerprint density at radius 1 is 1.30 bits per heavy atom. The minimum atomic E-state index is -4.64. The lowest BCUT2D eigenvalue weighted by Crippen LogP contribution is -2.38. The number of amides is 1. The van der Waals surface area contributed by atoms with Crippen LogP contribution in [0.3, 0.4) is 0 Å². The van der Waals surface area contributed by atoms with Crippen molar-refractivity contribution in [3.05, 3.63) is 53.2 Å². The van der Waals surface area contributed by atoms with E-state index in [1.54, 1.807) is 12.1 Å². The molecule has 1 aliphatic rings. The highest BCUT2D eigenvalue weighted by Crippen LogP contribution is 2.31. The van der Waals surface area contributed by atoms with Crippen molar-refractivity contribution in [1.29, 1.82) is 0 Å². The van der Waals surface area contributed by atoms with Crippen LogP contribution in [0.5, 0.6) is 11.6 Å². The number of nitrogens with two attached hydrogens (primary N) is 1. The number of alkyl halides is 3. The number of hydrogen-bond acceptors (Lipinski definition) is 6. The topological polar surface area (TPSA) is 91.9 Å². The van der Waals surface area contributed by atoms with Gasteiger partial charge in [0.1, 0.15) is 11.4 Å². The molecule has 1 saturated heterocycles. The van der Waals surface area contributed by atoms with Gasteiger partial charge in [0, 0.05) is 31.3 Å². The summed E-state index contributed by atoms with van der Waals surface area (Å²) < 4.78 is 44.7. The second-order valence-electron chi connectivity index (χ2n) is 7.34. The number of benzene rings is 1. The van der Waals surface area contributed by atoms with E-state index in [0.29, 0.717) is 12.1 Å². The van der Waals surface area contributed by atoms with Crippen molar-refractivity contribution >= 4 is 5.91 Å². The molecular formula is C20H23F3N4O3. The lowest BCUT2D eigenvalue weighted by atomic mass is 10.2. The second-order valence-corrected chi connectivity index (χ2v) is 7.34. The molecule has 1 amide bonds. The minimum Gasteiger partial charge on any atom is -0.439 e. The van der Waals surface area contributed by atoms with E-state index < -0.39 is 18.0 Å². The Morgan fingerprint density at radius 3 is 2.63 bits per heavy atom. The number of β-amino-alcohol motifs (C(OH)–C–C–N with tert-alkyl or cyclic N) is 1. The summed E-state index contributed by atoms with van der Waals surface area (Å²) in [4.78, 5) is 19.7. The van der Waals surface area contributed by atoms with Gasteiger partial charge in [0.05, 0.1) is 12.1 Å². The molecule has 3 N–H and O–H groups in total. The van der Waals surface area contributed by atoms with Crippen LogP contribution in [0.25, 0.3) is 0 Å². The number of likely N-dealkylation sites (N-methyl/N-ethyl adjacent to an activating group) is 1. The zero-order chi connectivity index (χ0) is 22.1. The number of rotatable bonds is 5. The smallest absolute Gasteiger partial charge is 0.433 e. The third-order valence-corrected chi connectivity index (χ3v) is 4.90. The average molecular weight is 424 g/mol. The van der Waals surface area contributed by atoms with Crippen molar-refractivity contribution in [1.82, 2.24) is 14.8 Å². The maximum absolute atomic E-state index is 13.1. The van der Waals surface area contributed by atoms with Crippen LogP contribution >= 0.6 is 0 Å². The molecule has 2 aromatic rings. The number of ether oxygens (including phenoxy) is 1. The number of hydrogen-bond donors (Lipinski definition) is 2. The molecule has 0 bridgehead atoms. The molecular weight excluding hydrogens is 401 g/mol. The molecule has 1 aromatic heterocycles. The lowest BCUT2D eigenvalue weighted by molar-refractivity contribution is -0.141. The summed E-state index contributed by atoms with van der Waals surface area (Å²) in [5.74, 6) is -0.401. The van der Waals surface area contributed by atoms with E-state index in [2.05, 4.69) is 4.98 Å². The molecule has 162 valence electrons. The highest BCUT2D eigenvalue weighted by Gasteiger charge is 2.36. The zero-order valence-electron chi connectivity index (χ0n) is 16.6. The normalized spacial score (nSPS) is 19.4. The fraction of sp³-hybridized carbons (Fsp3) is 0.400. The molecule has 10 heteroatoms. The third kappa shape index (κ3) is 4.89. The van der Waals surface area contributed by atoms with Crippen molar-refractivity contribution in [2.24, 2.45) is 5.73 Å². The molecule has 1 aromatic carbocycles. The van der Waals surface area contributed by atoms with Gasteiger partial charge in [-0.1, -0.05) is 6.07 Å². The van der Waals surface area contributed by atoms with Crippen molar-refractivity contribution < 1.29 is 27.8 Å². The summed E-state index contributed by atoms with van der Waals surface area (Å²) in [5, 5.41) is 10.1. The highest BCUT2D eigenvalue weighted by atomic mass is 19.4. The van der Waals surface area contributed by atoms with Gasteiger partial charge in [-0.2, -0.15) is 13.2 Å². The number of pyridine rings is 1. The molecule has 0 spiro atoms. The molecule has 0 saturated carbocycles. The Hall–Kier alpha value is -2.69. The summed E-state index contributed by atoms with van der Waals surface area (Å²) >= 11 is 0. The first kappa shape index (κ1) is 22.0. The van der Waals surface area contributed by atoms with Gasteiger partial charge >= 0.3 is 6.18 Å². The number of aliphatic hydroxyl groups is 1. The number of halogens is 3. The zero-order valence-corrected chi connectivity index (χ0v) is 16.6. The molecule has 0 aliphatic carbocycles. The molecule has 7 nitrogen and oxygen atoms in total. The van der Waals surface area contributed by atoms with Gasteiger partial charge in [0.2, 0.25) is 5.88 Å². The van der Waals surface area contributed by atoms with Gasteiger partial charge in [-0.05, 0) is 43.9 Å². The number of aliphatic hydroxyl groups excluding tert-OH is 1. The first-order chi connectivity index (χ1) is 14.1. The largest absolute Gasteiger partial charge is 0.439 e. The summed E-state index contributed by atoms with van der Waals surface area (Å²) in [7, 11) is 3.65. The van der Waals surface area contributed by atoms with Gasteiger partial charge in [-0.3, -0.25) is 4.79 Å². The van der Waals surface area contributed by atoms with Gasteiger partial charge in [-0.25, -0.2) is 4.98 Å². The predicted octanol–water partition coefficient (Wildman–Crippen LogP) is 2.10. The number of carbonyl (C=O) groups is 1. The molecule has 1 aliphatic heterocycles. The summed E-state index contributed by atoms with van der Waals surface area (Å²) in [6.45, 7) is 0.458. The molecule has 30 heavy (non-hydrogen) atoms. The van der Waals surface area contributed by atoms with Crippen molar-refractivity contribution in [2.45, 2.75) is 24.9 Å².